The van der Waals surface area contributed by atoms with E-state index in [1.165, 1.54) is 37.1 Å². The van der Waals surface area contributed by atoms with Crippen LogP contribution in [0, 0.1) is 0 Å². The number of benzene rings is 1. The Morgan fingerprint density at radius 3 is 2.32 bits per heavy atom. The molecule has 0 amide bonds. The highest BCUT2D eigenvalue weighted by atomic mass is 15.0. The molecule has 0 bridgehead atoms. The van der Waals surface area contributed by atoms with Gasteiger partial charge in [0.2, 0.25) is 0 Å². The number of aromatic nitrogens is 1. The maximum absolute atomic E-state index is 3.67. The van der Waals surface area contributed by atoms with Gasteiger partial charge >= 0.3 is 0 Å². The van der Waals surface area contributed by atoms with Gasteiger partial charge in [0.1, 0.15) is 0 Å². The summed E-state index contributed by atoms with van der Waals surface area (Å²) >= 11 is 0. The Hall–Kier alpha value is -1.70. The minimum Gasteiger partial charge on any atom is -0.382 e. The lowest BCUT2D eigenvalue weighted by molar-refractivity contribution is 0.586. The van der Waals surface area contributed by atoms with Gasteiger partial charge in [0.05, 0.1) is 0 Å². The van der Waals surface area contributed by atoms with Crippen LogP contribution < -0.4 is 5.32 Å². The molecule has 1 N–H and O–H groups in total. The van der Waals surface area contributed by atoms with Gasteiger partial charge in [-0.15, -0.1) is 0 Å². The average molecular weight is 256 g/mol. The molecule has 0 fully saturated rings. The normalized spacial score (nSPS) is 10.9. The summed E-state index contributed by atoms with van der Waals surface area (Å²) in [5.41, 5.74) is 2.43. The fourth-order valence-corrected chi connectivity index (χ4v) is 2.48. The average Bonchev–Trinajstić information content (AvgIpc) is 2.93. The van der Waals surface area contributed by atoms with Crippen molar-refractivity contribution in [1.29, 1.82) is 0 Å². The minimum atomic E-state index is 0.593. The summed E-state index contributed by atoms with van der Waals surface area (Å²) in [5, 5.41) is 3.67. The van der Waals surface area contributed by atoms with Crippen LogP contribution in [0.3, 0.4) is 0 Å². The molecule has 0 atom stereocenters. The van der Waals surface area contributed by atoms with Crippen LogP contribution in [-0.4, -0.2) is 10.6 Å². The fraction of sp³-hybridized carbons (Fsp3) is 0.412. The Bertz CT molecular complexity index is 468. The Morgan fingerprint density at radius 2 is 1.68 bits per heavy atom. The van der Waals surface area contributed by atoms with E-state index in [1.807, 2.05) is 0 Å². The van der Waals surface area contributed by atoms with Crippen molar-refractivity contribution in [3.63, 3.8) is 0 Å². The van der Waals surface area contributed by atoms with Gasteiger partial charge in [-0.3, -0.25) is 0 Å². The van der Waals surface area contributed by atoms with E-state index in [-0.39, 0.29) is 0 Å². The first-order valence-electron chi connectivity index (χ1n) is 7.33. The van der Waals surface area contributed by atoms with Crippen molar-refractivity contribution in [3.05, 3.63) is 48.8 Å². The first-order chi connectivity index (χ1) is 9.33. The van der Waals surface area contributed by atoms with Gasteiger partial charge in [0.25, 0.3) is 0 Å². The summed E-state index contributed by atoms with van der Waals surface area (Å²) in [6.07, 6.45) is 9.09. The number of anilines is 1. The molecule has 19 heavy (non-hydrogen) atoms. The van der Waals surface area contributed by atoms with Crippen LogP contribution >= 0.6 is 0 Å². The molecular weight excluding hydrogens is 232 g/mol. The van der Waals surface area contributed by atoms with E-state index >= 15 is 0 Å². The molecule has 0 aliphatic rings. The molecule has 0 radical (unpaired) electrons. The largest absolute Gasteiger partial charge is 0.382 e. The maximum atomic E-state index is 3.67. The first-order valence-corrected chi connectivity index (χ1v) is 7.33. The van der Waals surface area contributed by atoms with Crippen LogP contribution in [0.4, 0.5) is 5.69 Å². The lowest BCUT2D eigenvalue weighted by atomic mass is 10.1. The zero-order valence-electron chi connectivity index (χ0n) is 12.0. The number of hydrogen-bond acceptors (Lipinski definition) is 1. The Kier molecular flexibility index (Phi) is 5.08. The van der Waals surface area contributed by atoms with E-state index in [0.29, 0.717) is 6.04 Å². The van der Waals surface area contributed by atoms with E-state index in [1.54, 1.807) is 0 Å². The SMILES string of the molecule is CCCC(CCC)Nc1cccc(-n2cccc2)c1. The van der Waals surface area contributed by atoms with Crippen molar-refractivity contribution in [2.75, 3.05) is 5.32 Å². The number of nitrogens with zero attached hydrogens (tertiary/aromatic N) is 1. The summed E-state index contributed by atoms with van der Waals surface area (Å²) < 4.78 is 2.14. The van der Waals surface area contributed by atoms with Crippen LogP contribution in [0.25, 0.3) is 5.69 Å². The number of hydrogen-bond donors (Lipinski definition) is 1. The zero-order valence-corrected chi connectivity index (χ0v) is 12.0. The monoisotopic (exact) mass is 256 g/mol. The molecule has 0 saturated carbocycles. The molecule has 2 nitrogen and oxygen atoms in total. The van der Waals surface area contributed by atoms with E-state index in [9.17, 15) is 0 Å². The Morgan fingerprint density at radius 1 is 1.00 bits per heavy atom. The van der Waals surface area contributed by atoms with Crippen LogP contribution in [0.5, 0.6) is 0 Å². The number of nitrogens with one attached hydrogen (secondary N) is 1. The van der Waals surface area contributed by atoms with Gasteiger partial charge in [-0.2, -0.15) is 0 Å². The van der Waals surface area contributed by atoms with Gasteiger partial charge < -0.3 is 9.88 Å². The Balaban J connectivity index is 2.10. The molecule has 0 aliphatic carbocycles. The predicted octanol–water partition coefficient (Wildman–Crippen LogP) is 4.86. The molecule has 1 aromatic carbocycles. The third kappa shape index (κ3) is 3.88. The third-order valence-electron chi connectivity index (χ3n) is 3.39. The van der Waals surface area contributed by atoms with E-state index in [0.717, 1.165) is 0 Å². The van der Waals surface area contributed by atoms with Gasteiger partial charge in [0, 0.05) is 29.8 Å². The second kappa shape index (κ2) is 7.03. The van der Waals surface area contributed by atoms with Crippen molar-refractivity contribution < 1.29 is 0 Å². The van der Waals surface area contributed by atoms with Gasteiger partial charge in [-0.25, -0.2) is 0 Å². The zero-order chi connectivity index (χ0) is 13.5. The maximum Gasteiger partial charge on any atom is 0.0469 e. The molecule has 0 unspecified atom stereocenters. The molecule has 102 valence electrons. The summed E-state index contributed by atoms with van der Waals surface area (Å²) in [6.45, 7) is 4.50. The Labute approximate surface area is 116 Å². The van der Waals surface area contributed by atoms with Crippen LogP contribution in [0.15, 0.2) is 48.8 Å². The van der Waals surface area contributed by atoms with Crippen molar-refractivity contribution in [2.45, 2.75) is 45.6 Å². The first kappa shape index (κ1) is 13.7. The molecule has 1 heterocycles. The van der Waals surface area contributed by atoms with E-state index in [4.69, 9.17) is 0 Å². The van der Waals surface area contributed by atoms with Crippen molar-refractivity contribution in [2.24, 2.45) is 0 Å². The molecule has 0 spiro atoms. The fourth-order valence-electron chi connectivity index (χ4n) is 2.48. The molecule has 2 heteroatoms. The second-order valence-electron chi connectivity index (χ2n) is 5.06. The summed E-state index contributed by atoms with van der Waals surface area (Å²) in [6, 6.07) is 13.3. The van der Waals surface area contributed by atoms with Gasteiger partial charge in [-0.05, 0) is 43.2 Å². The third-order valence-corrected chi connectivity index (χ3v) is 3.39. The van der Waals surface area contributed by atoms with Crippen molar-refractivity contribution >= 4 is 5.69 Å². The highest BCUT2D eigenvalue weighted by Gasteiger charge is 2.06. The molecule has 0 aliphatic heterocycles. The van der Waals surface area contributed by atoms with E-state index in [2.05, 4.69) is 72.5 Å². The van der Waals surface area contributed by atoms with E-state index < -0.39 is 0 Å². The van der Waals surface area contributed by atoms with Crippen LogP contribution in [0.2, 0.25) is 0 Å². The minimum absolute atomic E-state index is 0.593. The number of rotatable bonds is 7. The van der Waals surface area contributed by atoms with Gasteiger partial charge in [-0.1, -0.05) is 32.8 Å². The lowest BCUT2D eigenvalue weighted by Crippen LogP contribution is -2.18. The summed E-state index contributed by atoms with van der Waals surface area (Å²) in [5.74, 6) is 0. The molecule has 2 aromatic rings. The summed E-state index contributed by atoms with van der Waals surface area (Å²) in [7, 11) is 0. The smallest absolute Gasteiger partial charge is 0.0469 e. The summed E-state index contributed by atoms with van der Waals surface area (Å²) in [4.78, 5) is 0. The lowest BCUT2D eigenvalue weighted by Gasteiger charge is -2.19. The molecule has 2 rings (SSSR count). The van der Waals surface area contributed by atoms with Gasteiger partial charge in [0.15, 0.2) is 0 Å². The van der Waals surface area contributed by atoms with Crippen molar-refractivity contribution in [1.82, 2.24) is 4.57 Å². The quantitative estimate of drug-likeness (QED) is 0.748. The molecular formula is C17H24N2. The standard InChI is InChI=1S/C17H24N2/c1-3-8-15(9-4-2)18-16-10-7-11-17(14-16)19-12-5-6-13-19/h5-7,10-15,18H,3-4,8-9H2,1-2H3. The second-order valence-corrected chi connectivity index (χ2v) is 5.06. The topological polar surface area (TPSA) is 17.0 Å². The highest BCUT2D eigenvalue weighted by molar-refractivity contribution is 5.51. The highest BCUT2D eigenvalue weighted by Crippen LogP contribution is 2.18. The predicted molar refractivity (Wildman–Crippen MR) is 83.0 cm³/mol. The van der Waals surface area contributed by atoms with Crippen LogP contribution in [0.1, 0.15) is 39.5 Å². The molecule has 1 aromatic heterocycles. The van der Waals surface area contributed by atoms with Crippen LogP contribution in [-0.2, 0) is 0 Å². The molecule has 0 saturated heterocycles. The van der Waals surface area contributed by atoms with Crippen molar-refractivity contribution in [3.8, 4) is 5.69 Å².